The summed E-state index contributed by atoms with van der Waals surface area (Å²) in [5, 5.41) is 3.85. The fourth-order valence-electron chi connectivity index (χ4n) is 2.93. The first-order chi connectivity index (χ1) is 11.2. The molecule has 4 heteroatoms. The lowest BCUT2D eigenvalue weighted by Gasteiger charge is -2.06. The number of aromatic nitrogens is 2. The molecular formula is C19H17N3S. The molecule has 4 rings (SSSR count). The Labute approximate surface area is 139 Å². The normalized spacial score (nSPS) is 11.2. The number of fused-ring (bicyclic) bond motifs is 1. The zero-order chi connectivity index (χ0) is 15.8. The Balaban J connectivity index is 1.88. The van der Waals surface area contributed by atoms with Crippen LogP contribution in [0, 0.1) is 6.92 Å². The average molecular weight is 319 g/mol. The molecule has 2 heterocycles. The van der Waals surface area contributed by atoms with Gasteiger partial charge >= 0.3 is 0 Å². The van der Waals surface area contributed by atoms with Gasteiger partial charge in [-0.15, -0.1) is 11.3 Å². The van der Waals surface area contributed by atoms with Crippen LogP contribution in [-0.4, -0.2) is 9.55 Å². The molecule has 0 spiro atoms. The lowest BCUT2D eigenvalue weighted by atomic mass is 10.1. The third-order valence-electron chi connectivity index (χ3n) is 4.03. The van der Waals surface area contributed by atoms with Crippen molar-refractivity contribution in [2.45, 2.75) is 13.5 Å². The number of hydrogen-bond donors (Lipinski definition) is 1. The van der Waals surface area contributed by atoms with Gasteiger partial charge in [0.05, 0.1) is 5.69 Å². The molecule has 0 aliphatic heterocycles. The van der Waals surface area contributed by atoms with Crippen LogP contribution >= 0.6 is 11.3 Å². The molecule has 0 atom stereocenters. The number of nitrogens with zero attached hydrogens (tertiary/aromatic N) is 2. The molecule has 0 amide bonds. The van der Waals surface area contributed by atoms with Crippen LogP contribution in [-0.2, 0) is 6.54 Å². The van der Waals surface area contributed by atoms with Crippen molar-refractivity contribution in [1.82, 2.24) is 9.55 Å². The molecule has 0 fully saturated rings. The topological polar surface area (TPSA) is 43.8 Å². The molecule has 4 aromatic rings. The predicted molar refractivity (Wildman–Crippen MR) is 97.7 cm³/mol. The number of rotatable bonds is 3. The van der Waals surface area contributed by atoms with Crippen molar-refractivity contribution in [1.29, 1.82) is 0 Å². The molecule has 23 heavy (non-hydrogen) atoms. The summed E-state index contributed by atoms with van der Waals surface area (Å²) in [6, 6.07) is 17.1. The molecule has 0 aliphatic rings. The summed E-state index contributed by atoms with van der Waals surface area (Å²) in [7, 11) is 0. The number of hydrogen-bond acceptors (Lipinski definition) is 3. The minimum Gasteiger partial charge on any atom is -0.375 e. The minimum atomic E-state index is 0.607. The maximum atomic E-state index is 5.82. The van der Waals surface area contributed by atoms with E-state index in [9.17, 15) is 0 Å². The first-order valence-electron chi connectivity index (χ1n) is 7.55. The van der Waals surface area contributed by atoms with E-state index in [1.807, 2.05) is 11.4 Å². The largest absolute Gasteiger partial charge is 0.375 e. The van der Waals surface area contributed by atoms with Gasteiger partial charge in [-0.25, -0.2) is 4.98 Å². The number of nitrogen functional groups attached to an aromatic ring is 1. The van der Waals surface area contributed by atoms with Crippen LogP contribution in [0.2, 0.25) is 0 Å². The Kier molecular flexibility index (Phi) is 3.39. The third kappa shape index (κ3) is 2.62. The fraction of sp³-hybridized carbons (Fsp3) is 0.105. The maximum Gasteiger partial charge on any atom is 0.180 e. The first kappa shape index (κ1) is 14.0. The monoisotopic (exact) mass is 319 g/mol. The first-order valence-corrected chi connectivity index (χ1v) is 8.43. The smallest absolute Gasteiger partial charge is 0.180 e. The third-order valence-corrected chi connectivity index (χ3v) is 4.71. The van der Waals surface area contributed by atoms with Crippen molar-refractivity contribution >= 4 is 27.4 Å². The molecule has 0 unspecified atom stereocenters. The second-order valence-electron chi connectivity index (χ2n) is 5.75. The number of benzene rings is 2. The Morgan fingerprint density at radius 2 is 1.96 bits per heavy atom. The number of thiazole rings is 1. The van der Waals surface area contributed by atoms with Crippen LogP contribution in [0.3, 0.4) is 0 Å². The zero-order valence-corrected chi connectivity index (χ0v) is 13.7. The van der Waals surface area contributed by atoms with Gasteiger partial charge in [-0.2, -0.15) is 0 Å². The van der Waals surface area contributed by atoms with Gasteiger partial charge in [-0.05, 0) is 24.1 Å². The summed E-state index contributed by atoms with van der Waals surface area (Å²) >= 11 is 1.48. The molecule has 0 saturated heterocycles. The van der Waals surface area contributed by atoms with Gasteiger partial charge in [-0.1, -0.05) is 42.5 Å². The summed E-state index contributed by atoms with van der Waals surface area (Å²) in [5.74, 6) is 0. The van der Waals surface area contributed by atoms with Gasteiger partial charge in [0.1, 0.15) is 0 Å². The second kappa shape index (κ2) is 5.56. The van der Waals surface area contributed by atoms with E-state index in [1.54, 1.807) is 0 Å². The van der Waals surface area contributed by atoms with Crippen molar-refractivity contribution in [3.8, 4) is 11.3 Å². The Morgan fingerprint density at radius 1 is 1.13 bits per heavy atom. The van der Waals surface area contributed by atoms with Crippen LogP contribution in [0.25, 0.3) is 22.2 Å². The molecule has 0 aliphatic carbocycles. The highest BCUT2D eigenvalue weighted by Crippen LogP contribution is 2.33. The Bertz CT molecular complexity index is 967. The van der Waals surface area contributed by atoms with Gasteiger partial charge in [0.25, 0.3) is 0 Å². The van der Waals surface area contributed by atoms with E-state index >= 15 is 0 Å². The summed E-state index contributed by atoms with van der Waals surface area (Å²) in [4.78, 5) is 4.46. The van der Waals surface area contributed by atoms with E-state index < -0.39 is 0 Å². The van der Waals surface area contributed by atoms with E-state index in [0.717, 1.165) is 17.8 Å². The van der Waals surface area contributed by atoms with E-state index in [-0.39, 0.29) is 0 Å². The summed E-state index contributed by atoms with van der Waals surface area (Å²) in [6.45, 7) is 2.97. The number of aryl methyl sites for hydroxylation is 1. The van der Waals surface area contributed by atoms with Crippen LogP contribution in [0.5, 0.6) is 0 Å². The van der Waals surface area contributed by atoms with Crippen molar-refractivity contribution < 1.29 is 0 Å². The number of nitrogens with two attached hydrogens (primary N) is 1. The quantitative estimate of drug-likeness (QED) is 0.594. The zero-order valence-electron chi connectivity index (χ0n) is 12.9. The number of anilines is 1. The average Bonchev–Trinajstić information content (AvgIpc) is 3.12. The molecule has 0 radical (unpaired) electrons. The van der Waals surface area contributed by atoms with E-state index in [2.05, 4.69) is 65.1 Å². The van der Waals surface area contributed by atoms with Crippen molar-refractivity contribution in [2.75, 3.05) is 5.73 Å². The van der Waals surface area contributed by atoms with Gasteiger partial charge in [-0.3, -0.25) is 0 Å². The lowest BCUT2D eigenvalue weighted by molar-refractivity contribution is 0.837. The van der Waals surface area contributed by atoms with E-state index in [1.165, 1.54) is 33.4 Å². The maximum absolute atomic E-state index is 5.82. The van der Waals surface area contributed by atoms with E-state index in [4.69, 9.17) is 5.73 Å². The van der Waals surface area contributed by atoms with Crippen LogP contribution in [0.1, 0.15) is 11.1 Å². The summed E-state index contributed by atoms with van der Waals surface area (Å²) < 4.78 is 2.29. The standard InChI is InChI=1S/C19H17N3S/c1-13-7-8-15-16(17-12-23-19(20)21-17)11-22(18(15)9-13)10-14-5-3-2-4-6-14/h2-9,11-12H,10H2,1H3,(H2,20,21). The van der Waals surface area contributed by atoms with E-state index in [0.29, 0.717) is 5.13 Å². The van der Waals surface area contributed by atoms with Crippen molar-refractivity contribution in [2.24, 2.45) is 0 Å². The van der Waals surface area contributed by atoms with Crippen molar-refractivity contribution in [3.05, 3.63) is 71.2 Å². The van der Waals surface area contributed by atoms with Gasteiger partial charge in [0.2, 0.25) is 0 Å². The molecule has 3 nitrogen and oxygen atoms in total. The summed E-state index contributed by atoms with van der Waals surface area (Å²) in [6.07, 6.45) is 2.19. The highest BCUT2D eigenvalue weighted by atomic mass is 32.1. The molecule has 114 valence electrons. The lowest BCUT2D eigenvalue weighted by Crippen LogP contribution is -1.97. The SMILES string of the molecule is Cc1ccc2c(-c3csc(N)n3)cn(Cc3ccccc3)c2c1. The van der Waals surface area contributed by atoms with Crippen LogP contribution in [0.4, 0.5) is 5.13 Å². The highest BCUT2D eigenvalue weighted by molar-refractivity contribution is 7.13. The summed E-state index contributed by atoms with van der Waals surface area (Å²) in [5.41, 5.74) is 11.7. The van der Waals surface area contributed by atoms with Crippen LogP contribution < -0.4 is 5.73 Å². The Hall–Kier alpha value is -2.59. The molecule has 0 saturated carbocycles. The van der Waals surface area contributed by atoms with Crippen LogP contribution in [0.15, 0.2) is 60.1 Å². The second-order valence-corrected chi connectivity index (χ2v) is 6.64. The van der Waals surface area contributed by atoms with Gasteiger partial charge < -0.3 is 10.3 Å². The van der Waals surface area contributed by atoms with Gasteiger partial charge in [0, 0.05) is 34.6 Å². The van der Waals surface area contributed by atoms with Crippen molar-refractivity contribution in [3.63, 3.8) is 0 Å². The highest BCUT2D eigenvalue weighted by Gasteiger charge is 2.13. The molecule has 0 bridgehead atoms. The molecule has 2 aromatic carbocycles. The predicted octanol–water partition coefficient (Wildman–Crippen LogP) is 4.70. The van der Waals surface area contributed by atoms with Gasteiger partial charge in [0.15, 0.2) is 5.13 Å². The Morgan fingerprint density at radius 3 is 2.70 bits per heavy atom. The molecule has 2 aromatic heterocycles. The molecule has 2 N–H and O–H groups in total. The molecular weight excluding hydrogens is 302 g/mol. The fourth-order valence-corrected chi connectivity index (χ4v) is 3.49. The minimum absolute atomic E-state index is 0.607.